The van der Waals surface area contributed by atoms with Crippen molar-refractivity contribution in [1.29, 1.82) is 0 Å². The molecule has 4 amide bonds. The number of carbonyl (C=O) groups excluding carboxylic acids is 4. The maximum absolute atomic E-state index is 14.0. The molecule has 4 atom stereocenters. The van der Waals surface area contributed by atoms with E-state index in [2.05, 4.69) is 10.6 Å². The van der Waals surface area contributed by atoms with Gasteiger partial charge in [0.2, 0.25) is 17.7 Å². The fourth-order valence-corrected chi connectivity index (χ4v) is 4.00. The van der Waals surface area contributed by atoms with Crippen molar-refractivity contribution in [2.75, 3.05) is 0 Å². The van der Waals surface area contributed by atoms with Gasteiger partial charge in [-0.1, -0.05) is 13.0 Å². The number of alkyl carbamates (subject to hydrolysis) is 1. The van der Waals surface area contributed by atoms with Crippen LogP contribution < -0.4 is 16.4 Å². The van der Waals surface area contributed by atoms with Gasteiger partial charge in [-0.05, 0) is 83.6 Å². The van der Waals surface area contributed by atoms with Crippen LogP contribution >= 0.6 is 0 Å². The van der Waals surface area contributed by atoms with E-state index in [1.807, 2.05) is 20.8 Å². The van der Waals surface area contributed by atoms with Crippen molar-refractivity contribution in [2.24, 2.45) is 11.7 Å². The molecule has 200 valence electrons. The van der Waals surface area contributed by atoms with E-state index in [9.17, 15) is 24.3 Å². The summed E-state index contributed by atoms with van der Waals surface area (Å²) in [5, 5.41) is 15.5. The van der Waals surface area contributed by atoms with Gasteiger partial charge in [-0.25, -0.2) is 4.79 Å². The third-order valence-corrected chi connectivity index (χ3v) is 5.84. The summed E-state index contributed by atoms with van der Waals surface area (Å²) in [5.41, 5.74) is 5.62. The molecule has 10 heteroatoms. The Bertz CT molecular complexity index is 987. The highest BCUT2D eigenvalue weighted by Crippen LogP contribution is 2.41. The normalized spacial score (nSPS) is 18.7. The van der Waals surface area contributed by atoms with Crippen molar-refractivity contribution >= 4 is 23.8 Å². The highest BCUT2D eigenvalue weighted by Gasteiger charge is 2.48. The van der Waals surface area contributed by atoms with E-state index in [1.54, 1.807) is 39.8 Å². The lowest BCUT2D eigenvalue weighted by atomic mass is 9.99. The Morgan fingerprint density at radius 2 is 1.81 bits per heavy atom. The molecule has 1 saturated carbocycles. The summed E-state index contributed by atoms with van der Waals surface area (Å²) in [7, 11) is 0. The van der Waals surface area contributed by atoms with E-state index >= 15 is 0 Å². The van der Waals surface area contributed by atoms with Crippen LogP contribution in [0, 0.1) is 12.8 Å². The molecule has 0 bridgehead atoms. The molecular formula is C26H40N4O6. The summed E-state index contributed by atoms with van der Waals surface area (Å²) in [6.45, 7) is 12.4. The average Bonchev–Trinajstić information content (AvgIpc) is 3.44. The average molecular weight is 505 g/mol. The molecule has 1 fully saturated rings. The van der Waals surface area contributed by atoms with E-state index in [1.165, 1.54) is 11.0 Å². The van der Waals surface area contributed by atoms with Crippen LogP contribution in [0.25, 0.3) is 0 Å². The number of carbonyl (C=O) groups is 4. The van der Waals surface area contributed by atoms with Gasteiger partial charge in [-0.3, -0.25) is 14.4 Å². The first kappa shape index (κ1) is 28.9. The van der Waals surface area contributed by atoms with Gasteiger partial charge in [0.1, 0.15) is 23.4 Å². The van der Waals surface area contributed by atoms with Crippen LogP contribution in [0.3, 0.4) is 0 Å². The summed E-state index contributed by atoms with van der Waals surface area (Å²) in [5.74, 6) is -1.29. The Balaban J connectivity index is 2.52. The van der Waals surface area contributed by atoms with Crippen molar-refractivity contribution in [1.82, 2.24) is 15.5 Å². The Kier molecular flexibility index (Phi) is 9.34. The summed E-state index contributed by atoms with van der Waals surface area (Å²) >= 11 is 0. The summed E-state index contributed by atoms with van der Waals surface area (Å²) in [4.78, 5) is 53.1. The molecule has 4 unspecified atom stereocenters. The van der Waals surface area contributed by atoms with Gasteiger partial charge in [0.15, 0.2) is 0 Å². The quantitative estimate of drug-likeness (QED) is 0.385. The highest BCUT2D eigenvalue weighted by molar-refractivity contribution is 5.93. The second-order valence-electron chi connectivity index (χ2n) is 10.8. The highest BCUT2D eigenvalue weighted by atomic mass is 16.6. The molecule has 1 aliphatic rings. The zero-order chi connectivity index (χ0) is 27.4. The largest absolute Gasteiger partial charge is 0.508 e. The van der Waals surface area contributed by atoms with Crippen LogP contribution in [0.1, 0.15) is 78.0 Å². The molecule has 0 aromatic heterocycles. The minimum atomic E-state index is -1.13. The Labute approximate surface area is 212 Å². The van der Waals surface area contributed by atoms with Crippen molar-refractivity contribution < 1.29 is 29.0 Å². The number of hydrogen-bond acceptors (Lipinski definition) is 6. The van der Waals surface area contributed by atoms with Gasteiger partial charge in [0.25, 0.3) is 0 Å². The number of rotatable bonds is 10. The molecular weight excluding hydrogens is 464 g/mol. The number of aromatic hydroxyl groups is 1. The van der Waals surface area contributed by atoms with E-state index in [0.717, 1.165) is 0 Å². The number of nitrogens with zero attached hydrogens (tertiary/aromatic N) is 1. The molecule has 0 aliphatic heterocycles. The number of ether oxygens (including phenoxy) is 1. The van der Waals surface area contributed by atoms with Gasteiger partial charge in [0, 0.05) is 18.5 Å². The number of aryl methyl sites for hydroxylation is 1. The number of primary amides is 1. The van der Waals surface area contributed by atoms with Crippen LogP contribution in [0.4, 0.5) is 4.79 Å². The van der Waals surface area contributed by atoms with Crippen molar-refractivity contribution in [3.8, 4) is 5.75 Å². The first-order chi connectivity index (χ1) is 16.6. The number of nitrogens with two attached hydrogens (primary N) is 1. The van der Waals surface area contributed by atoms with Crippen LogP contribution in [-0.2, 0) is 19.1 Å². The standard InChI is InChI=1S/C26H40N4O6/c1-14(2)28-23(33)22(17-8-10-20(31)16(4)12-17)30(19-13-15(19)3)24(34)18(9-11-21(27)32)29-25(35)36-26(5,6)7/h8,10,12,14-15,18-19,22,31H,9,11,13H2,1-7H3,(H2,27,32)(H,28,33)(H,29,35). The molecule has 0 heterocycles. The fourth-order valence-electron chi connectivity index (χ4n) is 4.00. The summed E-state index contributed by atoms with van der Waals surface area (Å²) < 4.78 is 5.33. The monoisotopic (exact) mass is 504 g/mol. The van der Waals surface area contributed by atoms with Crippen LogP contribution in [-0.4, -0.2) is 57.5 Å². The molecule has 5 N–H and O–H groups in total. The maximum atomic E-state index is 14.0. The number of nitrogens with one attached hydrogen (secondary N) is 2. The van der Waals surface area contributed by atoms with Gasteiger partial charge in [-0.2, -0.15) is 0 Å². The second-order valence-corrected chi connectivity index (χ2v) is 10.8. The molecule has 0 spiro atoms. The molecule has 2 rings (SSSR count). The number of benzene rings is 1. The molecule has 1 aromatic rings. The summed E-state index contributed by atoms with van der Waals surface area (Å²) in [6, 6.07) is 2.21. The predicted octanol–water partition coefficient (Wildman–Crippen LogP) is 2.66. The molecule has 0 radical (unpaired) electrons. The molecule has 1 aromatic carbocycles. The van der Waals surface area contributed by atoms with Crippen molar-refractivity contribution in [3.05, 3.63) is 29.3 Å². The molecule has 10 nitrogen and oxygen atoms in total. The zero-order valence-corrected chi connectivity index (χ0v) is 22.3. The molecule has 0 saturated heterocycles. The number of phenols is 1. The van der Waals surface area contributed by atoms with Crippen LogP contribution in [0.2, 0.25) is 0 Å². The molecule has 36 heavy (non-hydrogen) atoms. The maximum Gasteiger partial charge on any atom is 0.408 e. The number of amides is 4. The Hall–Kier alpha value is -3.30. The lowest BCUT2D eigenvalue weighted by molar-refractivity contribution is -0.144. The predicted molar refractivity (Wildman–Crippen MR) is 135 cm³/mol. The summed E-state index contributed by atoms with van der Waals surface area (Å²) in [6.07, 6.45) is -0.305. The molecule has 1 aliphatic carbocycles. The zero-order valence-electron chi connectivity index (χ0n) is 22.3. The van der Waals surface area contributed by atoms with Gasteiger partial charge in [-0.15, -0.1) is 0 Å². The van der Waals surface area contributed by atoms with Crippen molar-refractivity contribution in [3.63, 3.8) is 0 Å². The lowest BCUT2D eigenvalue weighted by Gasteiger charge is -2.35. The van der Waals surface area contributed by atoms with E-state index in [4.69, 9.17) is 10.5 Å². The van der Waals surface area contributed by atoms with Gasteiger partial charge < -0.3 is 31.1 Å². The fraction of sp³-hybridized carbons (Fsp3) is 0.615. The third kappa shape index (κ3) is 8.13. The van der Waals surface area contributed by atoms with Crippen molar-refractivity contribution in [2.45, 2.75) is 97.5 Å². The van der Waals surface area contributed by atoms with E-state index in [-0.39, 0.29) is 42.5 Å². The minimum absolute atomic E-state index is 0.0435. The topological polar surface area (TPSA) is 151 Å². The van der Waals surface area contributed by atoms with Gasteiger partial charge >= 0.3 is 6.09 Å². The van der Waals surface area contributed by atoms with Crippen LogP contribution in [0.5, 0.6) is 5.75 Å². The lowest BCUT2D eigenvalue weighted by Crippen LogP contribution is -2.54. The second kappa shape index (κ2) is 11.6. The number of hydrogen-bond donors (Lipinski definition) is 4. The van der Waals surface area contributed by atoms with Gasteiger partial charge in [0.05, 0.1) is 0 Å². The Morgan fingerprint density at radius 1 is 1.19 bits per heavy atom. The van der Waals surface area contributed by atoms with E-state index in [0.29, 0.717) is 17.5 Å². The van der Waals surface area contributed by atoms with Crippen LogP contribution in [0.15, 0.2) is 18.2 Å². The first-order valence-corrected chi connectivity index (χ1v) is 12.3. The minimum Gasteiger partial charge on any atom is -0.508 e. The Morgan fingerprint density at radius 3 is 2.28 bits per heavy atom. The first-order valence-electron chi connectivity index (χ1n) is 12.3. The SMILES string of the molecule is Cc1cc(C(C(=O)NC(C)C)N(C(=O)C(CCC(N)=O)NC(=O)OC(C)(C)C)C2CC2C)ccc1O. The van der Waals surface area contributed by atoms with E-state index < -0.39 is 35.6 Å². The number of phenolic OH excluding ortho intramolecular Hbond substituents is 1. The third-order valence-electron chi connectivity index (χ3n) is 5.84. The smallest absolute Gasteiger partial charge is 0.408 e.